The van der Waals surface area contributed by atoms with Crippen LogP contribution < -0.4 is 9.64 Å². The highest BCUT2D eigenvalue weighted by Crippen LogP contribution is 2.28. The standard InChI is InChI=1S/C21H29N5O4S/c1-14-9-16(7-8-18(14)30-6)31(28,29)26(5)13-19-22-17(11-20(23-19)24(2)3)15-10-21(27)25(4)12-15/h7-9,11,15H,10,12-13H2,1-6H3/t15-/m0/s1. The summed E-state index contributed by atoms with van der Waals surface area (Å²) in [5, 5.41) is 0. The number of carbonyl (C=O) groups is 1. The molecule has 2 aromatic rings. The van der Waals surface area contributed by atoms with Gasteiger partial charge in [0, 0.05) is 53.1 Å². The third kappa shape index (κ3) is 4.80. The molecule has 1 aliphatic rings. The maximum absolute atomic E-state index is 13.1. The Kier molecular flexibility index (Phi) is 6.51. The van der Waals surface area contributed by atoms with E-state index in [1.54, 1.807) is 38.1 Å². The number of carbonyl (C=O) groups excluding carboxylic acids is 1. The van der Waals surface area contributed by atoms with Crippen LogP contribution in [0.3, 0.4) is 0 Å². The number of sulfonamides is 1. The number of benzene rings is 1. The van der Waals surface area contributed by atoms with Gasteiger partial charge in [0.15, 0.2) is 0 Å². The number of rotatable bonds is 7. The number of nitrogens with zero attached hydrogens (tertiary/aromatic N) is 5. The Morgan fingerprint density at radius 3 is 2.45 bits per heavy atom. The minimum atomic E-state index is -3.75. The predicted molar refractivity (Wildman–Crippen MR) is 118 cm³/mol. The van der Waals surface area contributed by atoms with E-state index in [1.807, 2.05) is 25.1 Å². The summed E-state index contributed by atoms with van der Waals surface area (Å²) in [6.45, 7) is 2.40. The molecule has 1 aliphatic heterocycles. The van der Waals surface area contributed by atoms with Gasteiger partial charge in [-0.15, -0.1) is 0 Å². The first-order valence-electron chi connectivity index (χ1n) is 9.93. The minimum Gasteiger partial charge on any atom is -0.496 e. The van der Waals surface area contributed by atoms with Crippen LogP contribution in [-0.2, 0) is 21.4 Å². The Balaban J connectivity index is 1.90. The van der Waals surface area contributed by atoms with Crippen LogP contribution in [0.2, 0.25) is 0 Å². The van der Waals surface area contributed by atoms with E-state index in [0.717, 1.165) is 11.3 Å². The fourth-order valence-electron chi connectivity index (χ4n) is 3.55. The van der Waals surface area contributed by atoms with Crippen molar-refractivity contribution in [1.82, 2.24) is 19.2 Å². The van der Waals surface area contributed by atoms with Crippen LogP contribution in [0.1, 0.15) is 29.4 Å². The topological polar surface area (TPSA) is 95.9 Å². The van der Waals surface area contributed by atoms with Crippen molar-refractivity contribution in [2.75, 3.05) is 46.7 Å². The average molecular weight is 448 g/mol. The van der Waals surface area contributed by atoms with Crippen LogP contribution in [0.25, 0.3) is 0 Å². The Bertz CT molecular complexity index is 1090. The highest BCUT2D eigenvalue weighted by Gasteiger charge is 2.30. The molecule has 0 unspecified atom stereocenters. The van der Waals surface area contributed by atoms with Gasteiger partial charge in [0.25, 0.3) is 0 Å². The zero-order valence-electron chi connectivity index (χ0n) is 18.8. The van der Waals surface area contributed by atoms with E-state index in [-0.39, 0.29) is 23.3 Å². The summed E-state index contributed by atoms with van der Waals surface area (Å²) in [4.78, 5) is 24.8. The fourth-order valence-corrected chi connectivity index (χ4v) is 4.76. The maximum atomic E-state index is 13.1. The number of aryl methyl sites for hydroxylation is 1. The van der Waals surface area contributed by atoms with Gasteiger partial charge in [0.05, 0.1) is 24.2 Å². The van der Waals surface area contributed by atoms with Crippen molar-refractivity contribution in [2.24, 2.45) is 0 Å². The lowest BCUT2D eigenvalue weighted by Gasteiger charge is -2.20. The minimum absolute atomic E-state index is 0.0125. The predicted octanol–water partition coefficient (Wildman–Crippen LogP) is 1.63. The summed E-state index contributed by atoms with van der Waals surface area (Å²) in [6, 6.07) is 6.63. The quantitative estimate of drug-likeness (QED) is 0.636. The molecule has 1 aromatic heterocycles. The molecular weight excluding hydrogens is 418 g/mol. The van der Waals surface area contributed by atoms with Gasteiger partial charge in [-0.05, 0) is 30.7 Å². The Morgan fingerprint density at radius 2 is 1.90 bits per heavy atom. The average Bonchev–Trinajstić information content (AvgIpc) is 3.06. The molecule has 2 heterocycles. The van der Waals surface area contributed by atoms with E-state index in [1.165, 1.54) is 17.4 Å². The van der Waals surface area contributed by atoms with Gasteiger partial charge in [0.2, 0.25) is 15.9 Å². The number of hydrogen-bond acceptors (Lipinski definition) is 7. The van der Waals surface area contributed by atoms with E-state index in [4.69, 9.17) is 4.74 Å². The molecule has 0 bridgehead atoms. The number of likely N-dealkylation sites (tertiary alicyclic amines) is 1. The molecule has 1 atom stereocenters. The van der Waals surface area contributed by atoms with E-state index < -0.39 is 10.0 Å². The summed E-state index contributed by atoms with van der Waals surface area (Å²) in [5.41, 5.74) is 1.48. The van der Waals surface area contributed by atoms with Gasteiger partial charge in [-0.2, -0.15) is 4.31 Å². The molecule has 31 heavy (non-hydrogen) atoms. The Hall–Kier alpha value is -2.72. The summed E-state index contributed by atoms with van der Waals surface area (Å²) in [6.07, 6.45) is 0.388. The van der Waals surface area contributed by atoms with Gasteiger partial charge in [-0.25, -0.2) is 18.4 Å². The Labute approximate surface area is 183 Å². The van der Waals surface area contributed by atoms with Crippen LogP contribution in [0.5, 0.6) is 5.75 Å². The normalized spacial score (nSPS) is 16.8. The van der Waals surface area contributed by atoms with Gasteiger partial charge in [-0.1, -0.05) is 0 Å². The second-order valence-electron chi connectivity index (χ2n) is 8.03. The molecule has 1 saturated heterocycles. The lowest BCUT2D eigenvalue weighted by atomic mass is 10.0. The van der Waals surface area contributed by atoms with E-state index in [2.05, 4.69) is 9.97 Å². The van der Waals surface area contributed by atoms with Gasteiger partial charge in [-0.3, -0.25) is 4.79 Å². The third-order valence-corrected chi connectivity index (χ3v) is 7.23. The third-order valence-electron chi connectivity index (χ3n) is 5.43. The molecule has 1 fully saturated rings. The molecule has 0 N–H and O–H groups in total. The van der Waals surface area contributed by atoms with Crippen molar-refractivity contribution in [2.45, 2.75) is 30.7 Å². The van der Waals surface area contributed by atoms with Gasteiger partial charge < -0.3 is 14.5 Å². The van der Waals surface area contributed by atoms with Crippen LogP contribution in [0.15, 0.2) is 29.2 Å². The number of aromatic nitrogens is 2. The van der Waals surface area contributed by atoms with Crippen molar-refractivity contribution in [1.29, 1.82) is 0 Å². The number of ether oxygens (including phenoxy) is 1. The molecule has 0 saturated carbocycles. The molecule has 1 aromatic carbocycles. The summed E-state index contributed by atoms with van der Waals surface area (Å²) < 4.78 is 32.7. The van der Waals surface area contributed by atoms with Crippen LogP contribution in [0, 0.1) is 6.92 Å². The Morgan fingerprint density at radius 1 is 1.19 bits per heavy atom. The second kappa shape index (κ2) is 8.80. The lowest BCUT2D eigenvalue weighted by molar-refractivity contribution is -0.126. The molecule has 0 aliphatic carbocycles. The van der Waals surface area contributed by atoms with Crippen molar-refractivity contribution in [3.8, 4) is 5.75 Å². The number of hydrogen-bond donors (Lipinski definition) is 0. The molecule has 3 rings (SSSR count). The SMILES string of the molecule is COc1ccc(S(=O)(=O)N(C)Cc2nc([C@H]3CC(=O)N(C)C3)cc(N(C)C)n2)cc1C. The van der Waals surface area contributed by atoms with Crippen LogP contribution in [-0.4, -0.2) is 75.3 Å². The largest absolute Gasteiger partial charge is 0.496 e. The van der Waals surface area contributed by atoms with E-state index >= 15 is 0 Å². The van der Waals surface area contributed by atoms with Crippen molar-refractivity contribution >= 4 is 21.7 Å². The van der Waals surface area contributed by atoms with E-state index in [9.17, 15) is 13.2 Å². The van der Waals surface area contributed by atoms with Gasteiger partial charge in [0.1, 0.15) is 17.4 Å². The van der Waals surface area contributed by atoms with Crippen LogP contribution in [0.4, 0.5) is 5.82 Å². The molecular formula is C21H29N5O4S. The first-order chi connectivity index (χ1) is 14.5. The molecule has 9 nitrogen and oxygen atoms in total. The van der Waals surface area contributed by atoms with Gasteiger partial charge >= 0.3 is 0 Å². The first kappa shape index (κ1) is 23.0. The zero-order valence-corrected chi connectivity index (χ0v) is 19.6. The second-order valence-corrected chi connectivity index (χ2v) is 10.1. The first-order valence-corrected chi connectivity index (χ1v) is 11.4. The maximum Gasteiger partial charge on any atom is 0.243 e. The molecule has 0 spiro atoms. The zero-order chi connectivity index (χ0) is 22.9. The van der Waals surface area contributed by atoms with Crippen LogP contribution >= 0.6 is 0 Å². The highest BCUT2D eigenvalue weighted by molar-refractivity contribution is 7.89. The number of anilines is 1. The molecule has 1 amide bonds. The molecule has 168 valence electrons. The van der Waals surface area contributed by atoms with Crippen molar-refractivity contribution < 1.29 is 17.9 Å². The van der Waals surface area contributed by atoms with Crippen molar-refractivity contribution in [3.05, 3.63) is 41.3 Å². The molecule has 0 radical (unpaired) electrons. The number of likely N-dealkylation sites (N-methyl/N-ethyl adjacent to an activating group) is 1. The van der Waals surface area contributed by atoms with E-state index in [0.29, 0.717) is 30.4 Å². The highest BCUT2D eigenvalue weighted by atomic mass is 32.2. The number of amides is 1. The van der Waals surface area contributed by atoms with Crippen molar-refractivity contribution in [3.63, 3.8) is 0 Å². The molecule has 10 heteroatoms. The number of methoxy groups -OCH3 is 1. The fraction of sp³-hybridized carbons (Fsp3) is 0.476. The summed E-state index contributed by atoms with van der Waals surface area (Å²) in [5.74, 6) is 1.73. The monoisotopic (exact) mass is 447 g/mol. The lowest BCUT2D eigenvalue weighted by Crippen LogP contribution is -2.28. The summed E-state index contributed by atoms with van der Waals surface area (Å²) >= 11 is 0. The summed E-state index contributed by atoms with van der Waals surface area (Å²) in [7, 11) is 4.81. The smallest absolute Gasteiger partial charge is 0.243 e.